The summed E-state index contributed by atoms with van der Waals surface area (Å²) in [5.41, 5.74) is 0. The van der Waals surface area contributed by atoms with Crippen molar-refractivity contribution in [2.75, 3.05) is 45.8 Å². The maximum atomic E-state index is 12.7. The van der Waals surface area contributed by atoms with Crippen LogP contribution in [-0.4, -0.2) is 73.5 Å². The van der Waals surface area contributed by atoms with Gasteiger partial charge in [0, 0.05) is 38.6 Å². The average molecular weight is 466 g/mol. The fourth-order valence-electron chi connectivity index (χ4n) is 5.18. The second-order valence-electron chi connectivity index (χ2n) is 9.46. The molecule has 1 saturated carbocycles. The highest BCUT2D eigenvalue weighted by molar-refractivity contribution is 5.85. The van der Waals surface area contributed by atoms with Gasteiger partial charge in [-0.05, 0) is 56.5 Å². The van der Waals surface area contributed by atoms with Crippen molar-refractivity contribution >= 4 is 36.6 Å². The number of hydrogen-bond donors (Lipinski definition) is 2. The normalized spacial score (nSPS) is 26.8. The maximum absolute atomic E-state index is 12.7. The van der Waals surface area contributed by atoms with E-state index in [-0.39, 0.29) is 30.7 Å². The number of halogens is 2. The molecule has 2 amide bonds. The van der Waals surface area contributed by atoms with Crippen LogP contribution in [-0.2, 0) is 9.59 Å². The third kappa shape index (κ3) is 8.52. The van der Waals surface area contributed by atoms with E-state index in [1.54, 1.807) is 0 Å². The Morgan fingerprint density at radius 2 is 1.70 bits per heavy atom. The molecular weight excluding hydrogens is 423 g/mol. The highest BCUT2D eigenvalue weighted by atomic mass is 35.5. The Kier molecular flexibility index (Phi) is 12.6. The predicted molar refractivity (Wildman–Crippen MR) is 126 cm³/mol. The Morgan fingerprint density at radius 1 is 1.03 bits per heavy atom. The monoisotopic (exact) mass is 464 g/mol. The molecule has 3 aliphatic rings. The lowest BCUT2D eigenvalue weighted by Crippen LogP contribution is -2.52. The molecule has 30 heavy (non-hydrogen) atoms. The van der Waals surface area contributed by atoms with Gasteiger partial charge in [0.2, 0.25) is 11.8 Å². The van der Waals surface area contributed by atoms with E-state index in [0.29, 0.717) is 36.8 Å². The van der Waals surface area contributed by atoms with Crippen molar-refractivity contribution in [3.8, 4) is 0 Å². The highest BCUT2D eigenvalue weighted by Gasteiger charge is 2.27. The van der Waals surface area contributed by atoms with Crippen molar-refractivity contribution in [2.45, 2.75) is 64.8 Å². The van der Waals surface area contributed by atoms with Gasteiger partial charge >= 0.3 is 0 Å². The third-order valence-corrected chi connectivity index (χ3v) is 7.08. The summed E-state index contributed by atoms with van der Waals surface area (Å²) in [6, 6.07) is 0.357. The minimum absolute atomic E-state index is 0. The second-order valence-corrected chi connectivity index (χ2v) is 9.46. The number of amides is 2. The van der Waals surface area contributed by atoms with E-state index in [0.717, 1.165) is 58.0 Å². The summed E-state index contributed by atoms with van der Waals surface area (Å²) in [7, 11) is 0. The number of rotatable bonds is 6. The molecule has 3 fully saturated rings. The van der Waals surface area contributed by atoms with E-state index in [1.165, 1.54) is 25.7 Å². The maximum Gasteiger partial charge on any atom is 0.234 e. The number of piperidine rings is 1. The van der Waals surface area contributed by atoms with Crippen LogP contribution in [0, 0.1) is 17.8 Å². The molecule has 2 heterocycles. The summed E-state index contributed by atoms with van der Waals surface area (Å²) in [5.74, 6) is 2.32. The van der Waals surface area contributed by atoms with Crippen molar-refractivity contribution in [3.63, 3.8) is 0 Å². The van der Waals surface area contributed by atoms with Crippen LogP contribution in [0.1, 0.15) is 58.8 Å². The summed E-state index contributed by atoms with van der Waals surface area (Å²) >= 11 is 0. The minimum Gasteiger partial charge on any atom is -0.352 e. The molecule has 3 unspecified atom stereocenters. The molecule has 2 N–H and O–H groups in total. The van der Waals surface area contributed by atoms with Gasteiger partial charge in [-0.15, -0.1) is 24.8 Å². The number of hydrogen-bond acceptors (Lipinski definition) is 4. The van der Waals surface area contributed by atoms with Crippen LogP contribution < -0.4 is 10.6 Å². The van der Waals surface area contributed by atoms with Gasteiger partial charge in [0.05, 0.1) is 6.54 Å². The molecule has 3 atom stereocenters. The first-order valence-electron chi connectivity index (χ1n) is 11.5. The molecule has 0 aromatic heterocycles. The van der Waals surface area contributed by atoms with E-state index in [1.807, 2.05) is 4.90 Å². The fourth-order valence-corrected chi connectivity index (χ4v) is 5.18. The van der Waals surface area contributed by atoms with Gasteiger partial charge in [0.25, 0.3) is 0 Å². The summed E-state index contributed by atoms with van der Waals surface area (Å²) in [5, 5.41) is 6.63. The highest BCUT2D eigenvalue weighted by Crippen LogP contribution is 2.25. The van der Waals surface area contributed by atoms with Gasteiger partial charge in [-0.1, -0.05) is 26.7 Å². The summed E-state index contributed by atoms with van der Waals surface area (Å²) in [6.07, 6.45) is 7.80. The first-order chi connectivity index (χ1) is 13.5. The average Bonchev–Trinajstić information content (AvgIpc) is 2.69. The number of carbonyl (C=O) groups excluding carboxylic acids is 2. The van der Waals surface area contributed by atoms with Gasteiger partial charge in [0.1, 0.15) is 0 Å². The van der Waals surface area contributed by atoms with Crippen molar-refractivity contribution in [2.24, 2.45) is 17.8 Å². The number of nitrogens with one attached hydrogen (secondary N) is 2. The van der Waals surface area contributed by atoms with Gasteiger partial charge in [-0.3, -0.25) is 14.5 Å². The van der Waals surface area contributed by atoms with Crippen LogP contribution in [0.25, 0.3) is 0 Å². The largest absolute Gasteiger partial charge is 0.352 e. The molecule has 2 saturated heterocycles. The standard InChI is InChI=1S/C22H40N4O2.2ClH/c1-17-4-3-5-20(14-17)24-21(27)16-25-10-12-26(13-11-25)22(28)15-18(2)19-6-8-23-9-7-19;;/h17-20,23H,3-16H2,1-2H3,(H,24,27);2*1H. The summed E-state index contributed by atoms with van der Waals surface area (Å²) in [4.78, 5) is 29.3. The Hall–Kier alpha value is -0.560. The van der Waals surface area contributed by atoms with Crippen molar-refractivity contribution < 1.29 is 9.59 Å². The van der Waals surface area contributed by atoms with Crippen LogP contribution in [0.5, 0.6) is 0 Å². The summed E-state index contributed by atoms with van der Waals surface area (Å²) < 4.78 is 0. The Morgan fingerprint density at radius 3 is 2.33 bits per heavy atom. The molecule has 2 aliphatic heterocycles. The van der Waals surface area contributed by atoms with E-state index >= 15 is 0 Å². The van der Waals surface area contributed by atoms with Crippen LogP contribution in [0.15, 0.2) is 0 Å². The van der Waals surface area contributed by atoms with Gasteiger partial charge < -0.3 is 15.5 Å². The Balaban J connectivity index is 0.00000225. The smallest absolute Gasteiger partial charge is 0.234 e. The molecule has 176 valence electrons. The van der Waals surface area contributed by atoms with Crippen LogP contribution >= 0.6 is 24.8 Å². The zero-order valence-corrected chi connectivity index (χ0v) is 20.4. The van der Waals surface area contributed by atoms with Gasteiger partial charge in [-0.2, -0.15) is 0 Å². The fraction of sp³-hybridized carbons (Fsp3) is 0.909. The molecule has 6 nitrogen and oxygen atoms in total. The minimum atomic E-state index is 0. The van der Waals surface area contributed by atoms with Crippen molar-refractivity contribution in [1.82, 2.24) is 20.4 Å². The molecule has 8 heteroatoms. The quantitative estimate of drug-likeness (QED) is 0.633. The van der Waals surface area contributed by atoms with Crippen LogP contribution in [0.3, 0.4) is 0 Å². The lowest BCUT2D eigenvalue weighted by molar-refractivity contribution is -0.134. The second kappa shape index (κ2) is 13.8. The van der Waals surface area contributed by atoms with Crippen molar-refractivity contribution in [3.05, 3.63) is 0 Å². The topological polar surface area (TPSA) is 64.7 Å². The zero-order valence-electron chi connectivity index (χ0n) is 18.7. The Bertz CT molecular complexity index is 523. The molecule has 0 spiro atoms. The van der Waals surface area contributed by atoms with Crippen LogP contribution in [0.2, 0.25) is 0 Å². The molecule has 0 bridgehead atoms. The van der Waals surface area contributed by atoms with E-state index in [2.05, 4.69) is 29.4 Å². The SMILES string of the molecule is CC1CCCC(NC(=O)CN2CCN(C(=O)CC(C)C3CCNCC3)CC2)C1.Cl.Cl. The third-order valence-electron chi connectivity index (χ3n) is 7.08. The summed E-state index contributed by atoms with van der Waals surface area (Å²) in [6.45, 7) is 10.3. The number of nitrogens with zero attached hydrogens (tertiary/aromatic N) is 2. The zero-order chi connectivity index (χ0) is 19.9. The lowest BCUT2D eigenvalue weighted by Gasteiger charge is -2.36. The van der Waals surface area contributed by atoms with Gasteiger partial charge in [0.15, 0.2) is 0 Å². The molecule has 0 aromatic rings. The van der Waals surface area contributed by atoms with E-state index < -0.39 is 0 Å². The van der Waals surface area contributed by atoms with Crippen molar-refractivity contribution in [1.29, 1.82) is 0 Å². The predicted octanol–water partition coefficient (Wildman–Crippen LogP) is 2.69. The van der Waals surface area contributed by atoms with Gasteiger partial charge in [-0.25, -0.2) is 0 Å². The van der Waals surface area contributed by atoms with Crippen LogP contribution in [0.4, 0.5) is 0 Å². The lowest BCUT2D eigenvalue weighted by atomic mass is 9.84. The van der Waals surface area contributed by atoms with E-state index in [9.17, 15) is 9.59 Å². The Labute approximate surface area is 195 Å². The molecule has 1 aliphatic carbocycles. The van der Waals surface area contributed by atoms with E-state index in [4.69, 9.17) is 0 Å². The molecular formula is C22H42Cl2N4O2. The molecule has 3 rings (SSSR count). The first-order valence-corrected chi connectivity index (χ1v) is 11.5. The number of piperazine rings is 1. The first kappa shape index (κ1) is 27.5. The molecule has 0 radical (unpaired) electrons. The molecule has 0 aromatic carbocycles. The number of carbonyl (C=O) groups is 2.